The Morgan fingerprint density at radius 1 is 1.29 bits per heavy atom. The highest BCUT2D eigenvalue weighted by Crippen LogP contribution is 2.27. The van der Waals surface area contributed by atoms with Crippen LogP contribution >= 0.6 is 11.8 Å². The lowest BCUT2D eigenvalue weighted by molar-refractivity contribution is 0.423. The zero-order valence-corrected chi connectivity index (χ0v) is 12.4. The Bertz CT molecular complexity index is 307. The van der Waals surface area contributed by atoms with Crippen LogP contribution in [0.5, 0.6) is 0 Å². The molecule has 0 aromatic rings. The second-order valence-corrected chi connectivity index (χ2v) is 7.51. The van der Waals surface area contributed by atoms with E-state index < -0.39 is 10.0 Å². The van der Waals surface area contributed by atoms with Crippen molar-refractivity contribution in [2.75, 3.05) is 25.6 Å². The van der Waals surface area contributed by atoms with E-state index in [4.69, 9.17) is 0 Å². The fourth-order valence-corrected chi connectivity index (χ4v) is 4.65. The monoisotopic (exact) mass is 280 g/mol. The van der Waals surface area contributed by atoms with E-state index in [0.29, 0.717) is 11.7 Å². The van der Waals surface area contributed by atoms with Crippen LogP contribution in [-0.4, -0.2) is 45.3 Å². The Labute approximate surface area is 109 Å². The van der Waals surface area contributed by atoms with Crippen molar-refractivity contribution in [3.8, 4) is 0 Å². The standard InChI is InChI=1S/C11H24N2O2S2/c1-12-8-5-9-17(14,15)13-10-6-3-4-7-11(10)16-2/h10-13H,3-9H2,1-2H3. The number of hydrogen-bond acceptors (Lipinski definition) is 4. The van der Waals surface area contributed by atoms with Gasteiger partial charge in [-0.15, -0.1) is 0 Å². The van der Waals surface area contributed by atoms with Crippen LogP contribution in [0.2, 0.25) is 0 Å². The van der Waals surface area contributed by atoms with Crippen molar-refractivity contribution in [3.05, 3.63) is 0 Å². The van der Waals surface area contributed by atoms with Crippen LogP contribution in [0, 0.1) is 0 Å². The van der Waals surface area contributed by atoms with Gasteiger partial charge in [-0.2, -0.15) is 11.8 Å². The van der Waals surface area contributed by atoms with E-state index in [0.717, 1.165) is 25.8 Å². The molecule has 0 amide bonds. The lowest BCUT2D eigenvalue weighted by Gasteiger charge is -2.30. The van der Waals surface area contributed by atoms with Gasteiger partial charge in [0.05, 0.1) is 5.75 Å². The quantitative estimate of drug-likeness (QED) is 0.688. The van der Waals surface area contributed by atoms with Crippen molar-refractivity contribution in [1.29, 1.82) is 0 Å². The summed E-state index contributed by atoms with van der Waals surface area (Å²) in [6.07, 6.45) is 7.21. The third kappa shape index (κ3) is 5.59. The van der Waals surface area contributed by atoms with Crippen molar-refractivity contribution in [2.24, 2.45) is 0 Å². The second kappa shape index (κ2) is 7.61. The molecular formula is C11H24N2O2S2. The molecule has 1 aliphatic carbocycles. The summed E-state index contributed by atoms with van der Waals surface area (Å²) in [6, 6.07) is 0.137. The summed E-state index contributed by atoms with van der Waals surface area (Å²) in [5, 5.41) is 3.41. The maximum Gasteiger partial charge on any atom is 0.211 e. The largest absolute Gasteiger partial charge is 0.320 e. The van der Waals surface area contributed by atoms with Crippen LogP contribution in [-0.2, 0) is 10.0 Å². The van der Waals surface area contributed by atoms with Gasteiger partial charge in [-0.3, -0.25) is 0 Å². The third-order valence-electron chi connectivity index (χ3n) is 3.18. The molecule has 2 unspecified atom stereocenters. The molecule has 1 saturated carbocycles. The number of sulfonamides is 1. The number of nitrogens with one attached hydrogen (secondary N) is 2. The summed E-state index contributed by atoms with van der Waals surface area (Å²) < 4.78 is 26.7. The molecule has 1 rings (SSSR count). The molecule has 0 heterocycles. The molecule has 102 valence electrons. The molecule has 0 spiro atoms. The van der Waals surface area contributed by atoms with Gasteiger partial charge in [-0.05, 0) is 39.1 Å². The van der Waals surface area contributed by atoms with E-state index in [9.17, 15) is 8.42 Å². The summed E-state index contributed by atoms with van der Waals surface area (Å²) in [5.74, 6) is 0.228. The predicted octanol–water partition coefficient (Wildman–Crippen LogP) is 1.19. The van der Waals surface area contributed by atoms with E-state index in [-0.39, 0.29) is 11.8 Å². The molecule has 4 nitrogen and oxygen atoms in total. The first-order valence-corrected chi connectivity index (χ1v) is 9.20. The fourth-order valence-electron chi connectivity index (χ4n) is 2.24. The van der Waals surface area contributed by atoms with Gasteiger partial charge in [0.2, 0.25) is 10.0 Å². The van der Waals surface area contributed by atoms with Crippen molar-refractivity contribution in [2.45, 2.75) is 43.4 Å². The van der Waals surface area contributed by atoms with E-state index in [1.165, 1.54) is 6.42 Å². The first kappa shape index (κ1) is 15.3. The summed E-state index contributed by atoms with van der Waals surface area (Å²) in [5.41, 5.74) is 0. The molecule has 0 bridgehead atoms. The van der Waals surface area contributed by atoms with E-state index in [2.05, 4.69) is 16.3 Å². The maximum absolute atomic E-state index is 11.9. The molecule has 6 heteroatoms. The predicted molar refractivity (Wildman–Crippen MR) is 75.0 cm³/mol. The van der Waals surface area contributed by atoms with Gasteiger partial charge in [0.1, 0.15) is 0 Å². The smallest absolute Gasteiger partial charge is 0.211 e. The zero-order chi connectivity index (χ0) is 12.7. The van der Waals surface area contributed by atoms with Crippen LogP contribution in [0.25, 0.3) is 0 Å². The van der Waals surface area contributed by atoms with E-state index >= 15 is 0 Å². The van der Waals surface area contributed by atoms with Gasteiger partial charge in [-0.25, -0.2) is 13.1 Å². The molecular weight excluding hydrogens is 256 g/mol. The van der Waals surface area contributed by atoms with E-state index in [1.807, 2.05) is 7.05 Å². The highest BCUT2D eigenvalue weighted by Gasteiger charge is 2.27. The van der Waals surface area contributed by atoms with Crippen molar-refractivity contribution >= 4 is 21.8 Å². The average Bonchev–Trinajstić information content (AvgIpc) is 2.29. The van der Waals surface area contributed by atoms with Crippen LogP contribution in [0.1, 0.15) is 32.1 Å². The summed E-state index contributed by atoms with van der Waals surface area (Å²) in [7, 11) is -1.26. The van der Waals surface area contributed by atoms with Gasteiger partial charge in [0.25, 0.3) is 0 Å². The molecule has 2 atom stereocenters. The molecule has 17 heavy (non-hydrogen) atoms. The van der Waals surface area contributed by atoms with Gasteiger partial charge in [0, 0.05) is 11.3 Å². The molecule has 0 saturated heterocycles. The summed E-state index contributed by atoms with van der Waals surface area (Å²) >= 11 is 1.78. The zero-order valence-electron chi connectivity index (χ0n) is 10.7. The number of thioether (sulfide) groups is 1. The normalized spacial score (nSPS) is 26.0. The minimum absolute atomic E-state index is 0.137. The van der Waals surface area contributed by atoms with Gasteiger partial charge in [0.15, 0.2) is 0 Å². The molecule has 0 aromatic carbocycles. The maximum atomic E-state index is 11.9. The molecule has 0 aliphatic heterocycles. The Balaban J connectivity index is 2.44. The topological polar surface area (TPSA) is 58.2 Å². The minimum atomic E-state index is -3.10. The SMILES string of the molecule is CNCCCS(=O)(=O)NC1CCCCC1SC. The van der Waals surface area contributed by atoms with Crippen molar-refractivity contribution < 1.29 is 8.42 Å². The Morgan fingerprint density at radius 2 is 2.00 bits per heavy atom. The fraction of sp³-hybridized carbons (Fsp3) is 1.00. The van der Waals surface area contributed by atoms with Crippen molar-refractivity contribution in [1.82, 2.24) is 10.0 Å². The van der Waals surface area contributed by atoms with Crippen molar-refractivity contribution in [3.63, 3.8) is 0 Å². The molecule has 0 radical (unpaired) electrons. The Kier molecular flexibility index (Phi) is 6.84. The third-order valence-corrected chi connectivity index (χ3v) is 5.83. The highest BCUT2D eigenvalue weighted by molar-refractivity contribution is 7.99. The lowest BCUT2D eigenvalue weighted by atomic mass is 9.96. The summed E-state index contributed by atoms with van der Waals surface area (Å²) in [6.45, 7) is 0.748. The first-order chi connectivity index (χ1) is 8.09. The van der Waals surface area contributed by atoms with Gasteiger partial charge >= 0.3 is 0 Å². The van der Waals surface area contributed by atoms with E-state index in [1.54, 1.807) is 11.8 Å². The highest BCUT2D eigenvalue weighted by atomic mass is 32.2. The number of hydrogen-bond donors (Lipinski definition) is 2. The molecule has 1 fully saturated rings. The Morgan fingerprint density at radius 3 is 2.65 bits per heavy atom. The second-order valence-electron chi connectivity index (χ2n) is 4.56. The lowest BCUT2D eigenvalue weighted by Crippen LogP contribution is -2.44. The molecule has 2 N–H and O–H groups in total. The number of rotatable bonds is 7. The van der Waals surface area contributed by atoms with Crippen LogP contribution in [0.3, 0.4) is 0 Å². The first-order valence-electron chi connectivity index (χ1n) is 6.26. The minimum Gasteiger partial charge on any atom is -0.320 e. The van der Waals surface area contributed by atoms with Crippen LogP contribution < -0.4 is 10.0 Å². The Hall–Kier alpha value is 0.220. The molecule has 0 aromatic heterocycles. The molecule has 1 aliphatic rings. The van der Waals surface area contributed by atoms with Crippen LogP contribution in [0.15, 0.2) is 0 Å². The van der Waals surface area contributed by atoms with Gasteiger partial charge in [-0.1, -0.05) is 12.8 Å². The van der Waals surface area contributed by atoms with Gasteiger partial charge < -0.3 is 5.32 Å². The average molecular weight is 280 g/mol. The van der Waals surface area contributed by atoms with Crippen LogP contribution in [0.4, 0.5) is 0 Å². The summed E-state index contributed by atoms with van der Waals surface area (Å²) in [4.78, 5) is 0.